The zero-order valence-corrected chi connectivity index (χ0v) is 13.6. The average molecular weight is 348 g/mol. The second-order valence-corrected chi connectivity index (χ2v) is 6.64. The van der Waals surface area contributed by atoms with E-state index in [-0.39, 0.29) is 12.5 Å². The molecule has 0 aliphatic rings. The molecule has 0 saturated carbocycles. The van der Waals surface area contributed by atoms with Crippen LogP contribution >= 0.6 is 22.9 Å². The van der Waals surface area contributed by atoms with E-state index in [1.165, 1.54) is 11.3 Å². The van der Waals surface area contributed by atoms with Crippen molar-refractivity contribution in [1.82, 2.24) is 5.32 Å². The van der Waals surface area contributed by atoms with Gasteiger partial charge in [-0.2, -0.15) is 0 Å². The number of carbonyl (C=O) groups excluding carboxylic acids is 1. The summed E-state index contributed by atoms with van der Waals surface area (Å²) in [6, 6.07) is 14.4. The van der Waals surface area contributed by atoms with Crippen LogP contribution in [0.2, 0.25) is 4.34 Å². The molecular formula is C17H14ClNO3S. The normalized spacial score (nSPS) is 12.1. The lowest BCUT2D eigenvalue weighted by Gasteiger charge is -2.12. The smallest absolute Gasteiger partial charge is 0.261 e. The second-order valence-electron chi connectivity index (χ2n) is 4.93. The Balaban J connectivity index is 1.60. The molecule has 23 heavy (non-hydrogen) atoms. The Bertz CT molecular complexity index is 781. The van der Waals surface area contributed by atoms with Gasteiger partial charge in [0.2, 0.25) is 0 Å². The molecule has 0 radical (unpaired) electrons. The van der Waals surface area contributed by atoms with Crippen molar-refractivity contribution in [3.8, 4) is 11.3 Å². The molecule has 2 N–H and O–H groups in total. The van der Waals surface area contributed by atoms with Crippen LogP contribution in [0, 0.1) is 0 Å². The van der Waals surface area contributed by atoms with Crippen molar-refractivity contribution in [3.63, 3.8) is 0 Å². The van der Waals surface area contributed by atoms with Crippen LogP contribution < -0.4 is 5.32 Å². The number of hydrogen-bond donors (Lipinski definition) is 2. The summed E-state index contributed by atoms with van der Waals surface area (Å²) in [6.45, 7) is 0.133. The van der Waals surface area contributed by atoms with E-state index in [1.54, 1.807) is 18.4 Å². The summed E-state index contributed by atoms with van der Waals surface area (Å²) < 4.78 is 5.88. The molecule has 1 aromatic carbocycles. The molecule has 2 aromatic heterocycles. The van der Waals surface area contributed by atoms with Crippen molar-refractivity contribution in [1.29, 1.82) is 0 Å². The molecule has 2 heterocycles. The van der Waals surface area contributed by atoms with Crippen LogP contribution in [0.3, 0.4) is 0 Å². The van der Waals surface area contributed by atoms with Gasteiger partial charge in [-0.15, -0.1) is 11.3 Å². The van der Waals surface area contributed by atoms with E-state index >= 15 is 0 Å². The van der Waals surface area contributed by atoms with Gasteiger partial charge in [0.25, 0.3) is 5.91 Å². The molecule has 4 nitrogen and oxygen atoms in total. The number of aliphatic hydroxyl groups is 1. The second kappa shape index (κ2) is 7.00. The lowest BCUT2D eigenvalue weighted by Crippen LogP contribution is -2.27. The van der Waals surface area contributed by atoms with E-state index in [0.717, 1.165) is 16.9 Å². The molecule has 6 heteroatoms. The Morgan fingerprint density at radius 1 is 1.22 bits per heavy atom. The van der Waals surface area contributed by atoms with Gasteiger partial charge in [-0.25, -0.2) is 0 Å². The van der Waals surface area contributed by atoms with Crippen LogP contribution in [0.1, 0.15) is 21.3 Å². The average Bonchev–Trinajstić information content (AvgIpc) is 3.24. The molecule has 1 amide bonds. The predicted molar refractivity (Wildman–Crippen MR) is 90.8 cm³/mol. The Morgan fingerprint density at radius 2 is 2.00 bits per heavy atom. The van der Waals surface area contributed by atoms with Crippen molar-refractivity contribution in [2.45, 2.75) is 6.10 Å². The highest BCUT2D eigenvalue weighted by Crippen LogP contribution is 2.23. The third-order valence-corrected chi connectivity index (χ3v) is 4.58. The van der Waals surface area contributed by atoms with Crippen LogP contribution in [0.15, 0.2) is 59.2 Å². The fourth-order valence-electron chi connectivity index (χ4n) is 2.14. The third kappa shape index (κ3) is 3.82. The summed E-state index contributed by atoms with van der Waals surface area (Å²) in [6.07, 6.45) is 0.838. The number of halogens is 1. The molecule has 0 fully saturated rings. The van der Waals surface area contributed by atoms with E-state index in [4.69, 9.17) is 16.0 Å². The van der Waals surface area contributed by atoms with Gasteiger partial charge in [0.05, 0.1) is 21.6 Å². The number of furan rings is 1. The highest BCUT2D eigenvalue weighted by Gasteiger charge is 2.13. The Hall–Kier alpha value is -2.08. The summed E-state index contributed by atoms with van der Waals surface area (Å²) in [5, 5.41) is 12.9. The molecule has 0 aliphatic heterocycles. The number of thiophene rings is 1. The van der Waals surface area contributed by atoms with Crippen LogP contribution in [-0.2, 0) is 0 Å². The summed E-state index contributed by atoms with van der Waals surface area (Å²) in [7, 11) is 0. The maximum Gasteiger partial charge on any atom is 0.261 e. The number of benzene rings is 1. The van der Waals surface area contributed by atoms with E-state index in [9.17, 15) is 9.90 Å². The molecule has 0 saturated heterocycles. The van der Waals surface area contributed by atoms with Gasteiger partial charge in [0.15, 0.2) is 0 Å². The monoisotopic (exact) mass is 347 g/mol. The topological polar surface area (TPSA) is 62.5 Å². The number of hydrogen-bond acceptors (Lipinski definition) is 4. The molecule has 1 atom stereocenters. The minimum absolute atomic E-state index is 0.133. The molecule has 3 aromatic rings. The lowest BCUT2D eigenvalue weighted by molar-refractivity contribution is 0.0920. The largest absolute Gasteiger partial charge is 0.464 e. The molecule has 0 bridgehead atoms. The van der Waals surface area contributed by atoms with Gasteiger partial charge in [0, 0.05) is 12.1 Å². The zero-order chi connectivity index (χ0) is 16.2. The van der Waals surface area contributed by atoms with E-state index in [1.807, 2.05) is 36.4 Å². The van der Waals surface area contributed by atoms with Gasteiger partial charge in [-0.3, -0.25) is 4.79 Å². The lowest BCUT2D eigenvalue weighted by atomic mass is 10.1. The molecule has 0 spiro atoms. The minimum Gasteiger partial charge on any atom is -0.464 e. The number of rotatable bonds is 5. The standard InChI is InChI=1S/C17H14ClNO3S/c18-16-8-7-15(23-16)17(21)19-10-13(20)11-3-5-12(6-4-11)14-2-1-9-22-14/h1-9,13,20H,10H2,(H,19,21). The third-order valence-electron chi connectivity index (χ3n) is 3.35. The SMILES string of the molecule is O=C(NCC(O)c1ccc(-c2ccco2)cc1)c1ccc(Cl)s1. The highest BCUT2D eigenvalue weighted by atomic mass is 35.5. The van der Waals surface area contributed by atoms with E-state index < -0.39 is 6.10 Å². The first-order valence-corrected chi connectivity index (χ1v) is 8.18. The maximum atomic E-state index is 11.9. The number of carbonyl (C=O) groups is 1. The van der Waals surface area contributed by atoms with Crippen LogP contribution in [-0.4, -0.2) is 17.6 Å². The minimum atomic E-state index is -0.778. The van der Waals surface area contributed by atoms with Crippen molar-refractivity contribution in [2.75, 3.05) is 6.54 Å². The Labute approximate surface area is 142 Å². The van der Waals surface area contributed by atoms with Gasteiger partial charge in [-0.05, 0) is 29.8 Å². The highest BCUT2D eigenvalue weighted by molar-refractivity contribution is 7.17. The first-order chi connectivity index (χ1) is 11.1. The summed E-state index contributed by atoms with van der Waals surface area (Å²) in [4.78, 5) is 12.4. The fourth-order valence-corrected chi connectivity index (χ4v) is 3.10. The molecule has 118 valence electrons. The Kier molecular flexibility index (Phi) is 4.81. The van der Waals surface area contributed by atoms with Crippen molar-refractivity contribution >= 4 is 28.8 Å². The van der Waals surface area contributed by atoms with Gasteiger partial charge < -0.3 is 14.8 Å². The van der Waals surface area contributed by atoms with Gasteiger partial charge in [-0.1, -0.05) is 35.9 Å². The van der Waals surface area contributed by atoms with Crippen molar-refractivity contribution in [2.24, 2.45) is 0 Å². The van der Waals surface area contributed by atoms with Crippen LogP contribution in [0.4, 0.5) is 0 Å². The van der Waals surface area contributed by atoms with Crippen LogP contribution in [0.5, 0.6) is 0 Å². The molecular weight excluding hydrogens is 334 g/mol. The quantitative estimate of drug-likeness (QED) is 0.729. The van der Waals surface area contributed by atoms with Gasteiger partial charge >= 0.3 is 0 Å². The molecule has 0 aliphatic carbocycles. The van der Waals surface area contributed by atoms with Crippen molar-refractivity contribution in [3.05, 3.63) is 69.6 Å². The number of amides is 1. The Morgan fingerprint density at radius 3 is 2.61 bits per heavy atom. The summed E-state index contributed by atoms with van der Waals surface area (Å²) in [5.41, 5.74) is 1.66. The zero-order valence-electron chi connectivity index (χ0n) is 12.0. The van der Waals surface area contributed by atoms with E-state index in [0.29, 0.717) is 9.21 Å². The molecule has 1 unspecified atom stereocenters. The maximum absolute atomic E-state index is 11.9. The summed E-state index contributed by atoms with van der Waals surface area (Å²) in [5.74, 6) is 0.530. The number of aliphatic hydroxyl groups excluding tert-OH is 1. The summed E-state index contributed by atoms with van der Waals surface area (Å²) >= 11 is 7.01. The van der Waals surface area contributed by atoms with E-state index in [2.05, 4.69) is 5.32 Å². The fraction of sp³-hybridized carbons (Fsp3) is 0.118. The van der Waals surface area contributed by atoms with Gasteiger partial charge in [0.1, 0.15) is 5.76 Å². The first-order valence-electron chi connectivity index (χ1n) is 6.99. The first kappa shape index (κ1) is 15.8. The molecule has 3 rings (SSSR count). The number of nitrogens with one attached hydrogen (secondary N) is 1. The van der Waals surface area contributed by atoms with Crippen LogP contribution in [0.25, 0.3) is 11.3 Å². The predicted octanol–water partition coefficient (Wildman–Crippen LogP) is 4.12. The van der Waals surface area contributed by atoms with Crippen molar-refractivity contribution < 1.29 is 14.3 Å².